The van der Waals surface area contributed by atoms with E-state index in [0.717, 1.165) is 18.4 Å². The number of aryl methyl sites for hydroxylation is 2. The van der Waals surface area contributed by atoms with E-state index in [2.05, 4.69) is 16.1 Å². The number of nitriles is 1. The van der Waals surface area contributed by atoms with Crippen LogP contribution in [-0.2, 0) is 14.8 Å². The summed E-state index contributed by atoms with van der Waals surface area (Å²) in [4.78, 5) is 12.7. The molecule has 0 heterocycles. The van der Waals surface area contributed by atoms with Gasteiger partial charge in [-0.15, -0.1) is 0 Å². The fourth-order valence-electron chi connectivity index (χ4n) is 3.50. The van der Waals surface area contributed by atoms with Crippen molar-refractivity contribution in [3.63, 3.8) is 0 Å². The highest BCUT2D eigenvalue weighted by molar-refractivity contribution is 7.92. The lowest BCUT2D eigenvalue weighted by Crippen LogP contribution is -2.32. The highest BCUT2D eigenvalue weighted by atomic mass is 32.2. The Morgan fingerprint density at radius 1 is 1.07 bits per heavy atom. The monoisotopic (exact) mass is 397 g/mol. The standard InChI is InChI=1S/C21H23N3O3S/c1-15-6-5-7-18(12-15)24-28(26,27)19-13-17(9-8-16(19)2)23-20(25)21(14-22)10-3-4-11-21/h5-9,12-13,24H,3-4,10-11H2,1-2H3,(H,23,25). The zero-order valence-corrected chi connectivity index (χ0v) is 16.8. The fraction of sp³-hybridized carbons (Fsp3) is 0.333. The minimum Gasteiger partial charge on any atom is -0.325 e. The first kappa shape index (κ1) is 19.9. The number of carbonyl (C=O) groups is 1. The average Bonchev–Trinajstić information content (AvgIpc) is 3.13. The molecule has 0 aliphatic heterocycles. The maximum atomic E-state index is 12.9. The zero-order valence-electron chi connectivity index (χ0n) is 16.0. The molecule has 0 saturated heterocycles. The van der Waals surface area contributed by atoms with Crippen LogP contribution in [0.4, 0.5) is 11.4 Å². The predicted molar refractivity (Wildman–Crippen MR) is 108 cm³/mol. The summed E-state index contributed by atoms with van der Waals surface area (Å²) in [5, 5.41) is 12.2. The molecular weight excluding hydrogens is 374 g/mol. The van der Waals surface area contributed by atoms with Crippen molar-refractivity contribution in [3.05, 3.63) is 53.6 Å². The molecule has 1 aliphatic rings. The quantitative estimate of drug-likeness (QED) is 0.792. The first-order valence-electron chi connectivity index (χ1n) is 9.19. The summed E-state index contributed by atoms with van der Waals surface area (Å²) in [6, 6.07) is 14.0. The molecule has 28 heavy (non-hydrogen) atoms. The second-order valence-electron chi connectivity index (χ2n) is 7.31. The van der Waals surface area contributed by atoms with Crippen LogP contribution in [0.3, 0.4) is 0 Å². The van der Waals surface area contributed by atoms with Gasteiger partial charge in [0.05, 0.1) is 11.0 Å². The van der Waals surface area contributed by atoms with Crippen molar-refractivity contribution >= 4 is 27.3 Å². The third kappa shape index (κ3) is 4.02. The molecule has 2 aromatic carbocycles. The van der Waals surface area contributed by atoms with Crippen molar-refractivity contribution in [2.45, 2.75) is 44.4 Å². The van der Waals surface area contributed by atoms with Gasteiger partial charge in [-0.25, -0.2) is 8.42 Å². The highest BCUT2D eigenvalue weighted by Gasteiger charge is 2.41. The molecule has 1 fully saturated rings. The number of amides is 1. The van der Waals surface area contributed by atoms with Gasteiger partial charge in [-0.05, 0) is 62.1 Å². The van der Waals surface area contributed by atoms with Crippen LogP contribution >= 0.6 is 0 Å². The number of benzene rings is 2. The van der Waals surface area contributed by atoms with E-state index in [1.807, 2.05) is 13.0 Å². The Labute approximate surface area is 165 Å². The molecule has 146 valence electrons. The Balaban J connectivity index is 1.87. The van der Waals surface area contributed by atoms with Crippen LogP contribution in [0.1, 0.15) is 36.8 Å². The van der Waals surface area contributed by atoms with Crippen LogP contribution in [0.5, 0.6) is 0 Å². The molecule has 1 amide bonds. The first-order chi connectivity index (χ1) is 13.3. The zero-order chi connectivity index (χ0) is 20.4. The summed E-state index contributed by atoms with van der Waals surface area (Å²) < 4.78 is 28.3. The lowest BCUT2D eigenvalue weighted by Gasteiger charge is -2.20. The fourth-order valence-corrected chi connectivity index (χ4v) is 4.83. The molecule has 0 aromatic heterocycles. The third-order valence-electron chi connectivity index (χ3n) is 5.11. The molecule has 6 nitrogen and oxygen atoms in total. The van der Waals surface area contributed by atoms with Gasteiger partial charge in [-0.2, -0.15) is 5.26 Å². The van der Waals surface area contributed by atoms with Gasteiger partial charge in [0, 0.05) is 11.4 Å². The van der Waals surface area contributed by atoms with Crippen molar-refractivity contribution in [1.82, 2.24) is 0 Å². The van der Waals surface area contributed by atoms with Crippen molar-refractivity contribution in [2.75, 3.05) is 10.0 Å². The molecule has 2 N–H and O–H groups in total. The van der Waals surface area contributed by atoms with Gasteiger partial charge in [-0.1, -0.05) is 31.0 Å². The molecular formula is C21H23N3O3S. The molecule has 3 rings (SSSR count). The number of rotatable bonds is 5. The van der Waals surface area contributed by atoms with Crippen LogP contribution in [0.25, 0.3) is 0 Å². The van der Waals surface area contributed by atoms with Gasteiger partial charge < -0.3 is 5.32 Å². The maximum Gasteiger partial charge on any atom is 0.262 e. The van der Waals surface area contributed by atoms with E-state index in [4.69, 9.17) is 0 Å². The van der Waals surface area contributed by atoms with E-state index in [9.17, 15) is 18.5 Å². The summed E-state index contributed by atoms with van der Waals surface area (Å²) in [7, 11) is -3.83. The molecule has 1 aliphatic carbocycles. The van der Waals surface area contributed by atoms with E-state index in [1.165, 1.54) is 6.07 Å². The summed E-state index contributed by atoms with van der Waals surface area (Å²) in [5.74, 6) is -0.369. The smallest absolute Gasteiger partial charge is 0.262 e. The number of sulfonamides is 1. The summed E-state index contributed by atoms with van der Waals surface area (Å²) in [6.45, 7) is 3.58. The summed E-state index contributed by atoms with van der Waals surface area (Å²) >= 11 is 0. The summed E-state index contributed by atoms with van der Waals surface area (Å²) in [5.41, 5.74) is 1.32. The van der Waals surface area contributed by atoms with Crippen molar-refractivity contribution in [1.29, 1.82) is 5.26 Å². The number of carbonyl (C=O) groups excluding carboxylic acids is 1. The predicted octanol–water partition coefficient (Wildman–Crippen LogP) is 4.13. The normalized spacial score (nSPS) is 15.6. The van der Waals surface area contributed by atoms with E-state index in [-0.39, 0.29) is 10.8 Å². The molecule has 0 bridgehead atoms. The molecule has 0 spiro atoms. The van der Waals surface area contributed by atoms with Crippen molar-refractivity contribution in [3.8, 4) is 6.07 Å². The third-order valence-corrected chi connectivity index (χ3v) is 6.63. The lowest BCUT2D eigenvalue weighted by atomic mass is 9.87. The van der Waals surface area contributed by atoms with Crippen LogP contribution in [0.15, 0.2) is 47.4 Å². The minimum absolute atomic E-state index is 0.0873. The van der Waals surface area contributed by atoms with E-state index >= 15 is 0 Å². The number of hydrogen-bond acceptors (Lipinski definition) is 4. The van der Waals surface area contributed by atoms with Gasteiger partial charge in [-0.3, -0.25) is 9.52 Å². The van der Waals surface area contributed by atoms with Crippen LogP contribution in [0, 0.1) is 30.6 Å². The Bertz CT molecular complexity index is 1050. The van der Waals surface area contributed by atoms with Crippen molar-refractivity contribution < 1.29 is 13.2 Å². The first-order valence-corrected chi connectivity index (χ1v) is 10.7. The van der Waals surface area contributed by atoms with Gasteiger partial charge in [0.2, 0.25) is 5.91 Å². The minimum atomic E-state index is -3.83. The number of nitrogens with zero attached hydrogens (tertiary/aromatic N) is 1. The number of nitrogens with one attached hydrogen (secondary N) is 2. The van der Waals surface area contributed by atoms with Gasteiger partial charge in [0.1, 0.15) is 5.41 Å². The molecule has 7 heteroatoms. The highest BCUT2D eigenvalue weighted by Crippen LogP contribution is 2.38. The topological polar surface area (TPSA) is 99.1 Å². The van der Waals surface area contributed by atoms with Gasteiger partial charge >= 0.3 is 0 Å². The lowest BCUT2D eigenvalue weighted by molar-refractivity contribution is -0.122. The Kier molecular flexibility index (Phi) is 5.43. The molecule has 1 saturated carbocycles. The van der Waals surface area contributed by atoms with Gasteiger partial charge in [0.15, 0.2) is 0 Å². The molecule has 2 aromatic rings. The Morgan fingerprint density at radius 3 is 2.43 bits per heavy atom. The molecule has 0 radical (unpaired) electrons. The second kappa shape index (κ2) is 7.64. The van der Waals surface area contributed by atoms with Crippen LogP contribution in [-0.4, -0.2) is 14.3 Å². The number of anilines is 2. The second-order valence-corrected chi connectivity index (χ2v) is 8.96. The molecule has 0 atom stereocenters. The van der Waals surface area contributed by atoms with E-state index in [1.54, 1.807) is 37.3 Å². The van der Waals surface area contributed by atoms with E-state index < -0.39 is 15.4 Å². The van der Waals surface area contributed by atoms with Crippen molar-refractivity contribution in [2.24, 2.45) is 5.41 Å². The Hall–Kier alpha value is -2.85. The van der Waals surface area contributed by atoms with E-state index in [0.29, 0.717) is 29.8 Å². The SMILES string of the molecule is Cc1cccc(NS(=O)(=O)c2cc(NC(=O)C3(C#N)CCCC3)ccc2C)c1. The Morgan fingerprint density at radius 2 is 1.79 bits per heavy atom. The van der Waals surface area contributed by atoms with Gasteiger partial charge in [0.25, 0.3) is 10.0 Å². The number of hydrogen-bond donors (Lipinski definition) is 2. The average molecular weight is 398 g/mol. The van der Waals surface area contributed by atoms with Crippen LogP contribution in [0.2, 0.25) is 0 Å². The maximum absolute atomic E-state index is 12.9. The van der Waals surface area contributed by atoms with Crippen LogP contribution < -0.4 is 10.0 Å². The summed E-state index contributed by atoms with van der Waals surface area (Å²) in [6.07, 6.45) is 2.74. The molecule has 0 unspecified atom stereocenters. The largest absolute Gasteiger partial charge is 0.325 e.